The van der Waals surface area contributed by atoms with Crippen LogP contribution in [0.3, 0.4) is 0 Å². The van der Waals surface area contributed by atoms with E-state index in [-0.39, 0.29) is 23.8 Å². The standard InChI is InChI=1S/C29H28N6O2.C2HF3O2/c1-34-24(16-23-17-30-14-13-25(23)34)18-32-27(36)20-35-26(22-10-6-3-7-11-22)19-33-28(29(35)37)31-15-12-21-8-4-2-5-9-21;3-2(4,5)1(6)7/h2-11,13-14,16-17,19H,12,15,18,20H2,1H3,(H,31,33)(H,32,36);(H,6,7). The first-order valence-electron chi connectivity index (χ1n) is 13.4. The van der Waals surface area contributed by atoms with Crippen molar-refractivity contribution < 1.29 is 27.9 Å². The molecule has 0 aliphatic rings. The van der Waals surface area contributed by atoms with Crippen molar-refractivity contribution >= 4 is 28.6 Å². The number of nitrogens with zero attached hydrogens (tertiary/aromatic N) is 4. The van der Waals surface area contributed by atoms with Crippen LogP contribution in [-0.2, 0) is 36.1 Å². The molecule has 0 aliphatic heterocycles. The molecule has 5 rings (SSSR count). The molecule has 2 aromatic carbocycles. The molecule has 44 heavy (non-hydrogen) atoms. The zero-order valence-electron chi connectivity index (χ0n) is 23.6. The number of aliphatic carboxylic acids is 1. The van der Waals surface area contributed by atoms with Crippen LogP contribution >= 0.6 is 0 Å². The van der Waals surface area contributed by atoms with Gasteiger partial charge in [-0.1, -0.05) is 60.7 Å². The van der Waals surface area contributed by atoms with Gasteiger partial charge in [0.1, 0.15) is 6.54 Å². The zero-order chi connectivity index (χ0) is 31.7. The summed E-state index contributed by atoms with van der Waals surface area (Å²) in [6, 6.07) is 23.5. The summed E-state index contributed by atoms with van der Waals surface area (Å²) >= 11 is 0. The maximum atomic E-state index is 13.4. The van der Waals surface area contributed by atoms with Crippen LogP contribution in [0.4, 0.5) is 19.0 Å². The first-order valence-corrected chi connectivity index (χ1v) is 13.4. The minimum atomic E-state index is -5.08. The van der Waals surface area contributed by atoms with Crippen molar-refractivity contribution in [2.45, 2.75) is 25.7 Å². The molecule has 228 valence electrons. The Balaban J connectivity index is 0.000000566. The normalized spacial score (nSPS) is 11.0. The predicted molar refractivity (Wildman–Crippen MR) is 159 cm³/mol. The smallest absolute Gasteiger partial charge is 0.475 e. The number of hydrogen-bond acceptors (Lipinski definition) is 6. The number of alkyl halides is 3. The van der Waals surface area contributed by atoms with Crippen molar-refractivity contribution in [3.63, 3.8) is 0 Å². The summed E-state index contributed by atoms with van der Waals surface area (Å²) in [4.78, 5) is 43.9. The molecule has 3 N–H and O–H groups in total. The van der Waals surface area contributed by atoms with Crippen LogP contribution in [0, 0.1) is 0 Å². The highest BCUT2D eigenvalue weighted by molar-refractivity contribution is 5.81. The van der Waals surface area contributed by atoms with Gasteiger partial charge < -0.3 is 20.3 Å². The highest BCUT2D eigenvalue weighted by atomic mass is 19.4. The van der Waals surface area contributed by atoms with E-state index in [0.29, 0.717) is 18.8 Å². The summed E-state index contributed by atoms with van der Waals surface area (Å²) in [6.45, 7) is 0.774. The van der Waals surface area contributed by atoms with Crippen LogP contribution in [0.15, 0.2) is 96.2 Å². The van der Waals surface area contributed by atoms with Crippen molar-refractivity contribution in [1.29, 1.82) is 0 Å². The Labute approximate surface area is 249 Å². The maximum absolute atomic E-state index is 13.4. The zero-order valence-corrected chi connectivity index (χ0v) is 23.6. The molecule has 0 spiro atoms. The number of benzene rings is 2. The molecule has 1 amide bonds. The van der Waals surface area contributed by atoms with Gasteiger partial charge in [-0.25, -0.2) is 9.78 Å². The largest absolute Gasteiger partial charge is 0.490 e. The summed E-state index contributed by atoms with van der Waals surface area (Å²) < 4.78 is 35.2. The van der Waals surface area contributed by atoms with Crippen molar-refractivity contribution in [3.05, 3.63) is 113 Å². The highest BCUT2D eigenvalue weighted by Crippen LogP contribution is 2.19. The van der Waals surface area contributed by atoms with Gasteiger partial charge in [-0.15, -0.1) is 0 Å². The first kappa shape index (κ1) is 31.5. The van der Waals surface area contributed by atoms with Crippen LogP contribution in [0.2, 0.25) is 0 Å². The fraction of sp³-hybridized carbons (Fsp3) is 0.194. The van der Waals surface area contributed by atoms with Crippen LogP contribution in [-0.4, -0.2) is 48.8 Å². The molecule has 3 heterocycles. The van der Waals surface area contributed by atoms with E-state index >= 15 is 0 Å². The number of carbonyl (C=O) groups excluding carboxylic acids is 1. The Kier molecular flexibility index (Phi) is 10.1. The third-order valence-electron chi connectivity index (χ3n) is 6.63. The summed E-state index contributed by atoms with van der Waals surface area (Å²) in [5.41, 5.74) is 4.23. The maximum Gasteiger partial charge on any atom is 0.490 e. The number of carboxylic acid groups (broad SMARTS) is 1. The lowest BCUT2D eigenvalue weighted by atomic mass is 10.1. The van der Waals surface area contributed by atoms with E-state index in [4.69, 9.17) is 9.90 Å². The van der Waals surface area contributed by atoms with E-state index < -0.39 is 12.1 Å². The van der Waals surface area contributed by atoms with E-state index in [2.05, 4.69) is 20.6 Å². The number of halogens is 3. The fourth-order valence-electron chi connectivity index (χ4n) is 4.38. The molecule has 0 bridgehead atoms. The lowest BCUT2D eigenvalue weighted by molar-refractivity contribution is -0.192. The molecule has 0 radical (unpaired) electrons. The molecule has 0 saturated carbocycles. The number of amides is 1. The molecule has 0 saturated heterocycles. The number of fused-ring (bicyclic) bond motifs is 1. The number of carboxylic acids is 1. The number of nitrogens with one attached hydrogen (secondary N) is 2. The number of pyridine rings is 1. The SMILES string of the molecule is Cn1c(CNC(=O)Cn2c(-c3ccccc3)cnc(NCCc3ccccc3)c2=O)cc2cnccc21.O=C(O)C(F)(F)F. The summed E-state index contributed by atoms with van der Waals surface area (Å²) in [5, 5.41) is 14.2. The van der Waals surface area contributed by atoms with Crippen molar-refractivity contribution in [1.82, 2.24) is 24.4 Å². The molecule has 0 unspecified atom stereocenters. The molecule has 10 nitrogen and oxygen atoms in total. The molecule has 13 heteroatoms. The average Bonchev–Trinajstić information content (AvgIpc) is 3.34. The lowest BCUT2D eigenvalue weighted by Gasteiger charge is -2.15. The van der Waals surface area contributed by atoms with Gasteiger partial charge in [0.25, 0.3) is 5.56 Å². The van der Waals surface area contributed by atoms with Crippen molar-refractivity contribution in [2.75, 3.05) is 11.9 Å². The number of carbonyl (C=O) groups is 2. The Morgan fingerprint density at radius 3 is 2.27 bits per heavy atom. The third kappa shape index (κ3) is 8.09. The molecule has 0 fully saturated rings. The molecule has 0 atom stereocenters. The van der Waals surface area contributed by atoms with Crippen LogP contribution in [0.25, 0.3) is 22.2 Å². The molecular weight excluding hydrogens is 577 g/mol. The van der Waals surface area contributed by atoms with Crippen LogP contribution < -0.4 is 16.2 Å². The summed E-state index contributed by atoms with van der Waals surface area (Å²) in [7, 11) is 1.96. The Morgan fingerprint density at radius 1 is 0.977 bits per heavy atom. The highest BCUT2D eigenvalue weighted by Gasteiger charge is 2.38. The van der Waals surface area contributed by atoms with Gasteiger partial charge in [-0.05, 0) is 29.7 Å². The average molecular weight is 607 g/mol. The van der Waals surface area contributed by atoms with E-state index in [1.54, 1.807) is 18.6 Å². The number of aryl methyl sites for hydroxylation is 1. The van der Waals surface area contributed by atoms with Gasteiger partial charge in [0, 0.05) is 37.1 Å². The summed E-state index contributed by atoms with van der Waals surface area (Å²) in [6.07, 6.45) is 0.863. The van der Waals surface area contributed by atoms with Gasteiger partial charge in [-0.2, -0.15) is 13.2 Å². The van der Waals surface area contributed by atoms with E-state index in [1.165, 1.54) is 10.1 Å². The Bertz CT molecular complexity index is 1790. The number of aromatic nitrogens is 4. The van der Waals surface area contributed by atoms with E-state index in [1.807, 2.05) is 84.4 Å². The topological polar surface area (TPSA) is 131 Å². The first-order chi connectivity index (χ1) is 21.0. The van der Waals surface area contributed by atoms with Gasteiger partial charge >= 0.3 is 12.1 Å². The van der Waals surface area contributed by atoms with Crippen LogP contribution in [0.1, 0.15) is 11.3 Å². The quantitative estimate of drug-likeness (QED) is 0.227. The molecule has 3 aromatic heterocycles. The van der Waals surface area contributed by atoms with Gasteiger partial charge in [-0.3, -0.25) is 19.1 Å². The molecule has 0 aliphatic carbocycles. The monoisotopic (exact) mass is 606 g/mol. The van der Waals surface area contributed by atoms with Gasteiger partial charge in [0.05, 0.1) is 24.0 Å². The minimum absolute atomic E-state index is 0.121. The molecule has 5 aromatic rings. The van der Waals surface area contributed by atoms with E-state index in [9.17, 15) is 22.8 Å². The lowest BCUT2D eigenvalue weighted by Crippen LogP contribution is -2.34. The van der Waals surface area contributed by atoms with Crippen LogP contribution in [0.5, 0.6) is 0 Å². The van der Waals surface area contributed by atoms with E-state index in [0.717, 1.165) is 28.6 Å². The summed E-state index contributed by atoms with van der Waals surface area (Å²) in [5.74, 6) is -2.79. The van der Waals surface area contributed by atoms with Gasteiger partial charge in [0.15, 0.2) is 5.82 Å². The number of hydrogen-bond donors (Lipinski definition) is 3. The Morgan fingerprint density at radius 2 is 1.64 bits per heavy atom. The number of rotatable bonds is 9. The predicted octanol–water partition coefficient (Wildman–Crippen LogP) is 4.40. The second kappa shape index (κ2) is 14.1. The van der Waals surface area contributed by atoms with Crippen molar-refractivity contribution in [2.24, 2.45) is 7.05 Å². The van der Waals surface area contributed by atoms with Crippen molar-refractivity contribution in [3.8, 4) is 11.3 Å². The molecular formula is C31H29F3N6O4. The Hall–Kier alpha value is -5.46. The fourth-order valence-corrected chi connectivity index (χ4v) is 4.38. The number of anilines is 1. The van der Waals surface area contributed by atoms with Gasteiger partial charge in [0.2, 0.25) is 5.91 Å². The minimum Gasteiger partial charge on any atom is -0.475 e. The second-order valence-electron chi connectivity index (χ2n) is 9.62. The third-order valence-corrected chi connectivity index (χ3v) is 6.63. The second-order valence-corrected chi connectivity index (χ2v) is 9.62.